The van der Waals surface area contributed by atoms with E-state index in [1.807, 2.05) is 36.2 Å². The van der Waals surface area contributed by atoms with Gasteiger partial charge in [0.25, 0.3) is 0 Å². The minimum Gasteiger partial charge on any atom is -0.395 e. The monoisotopic (exact) mass is 273 g/mol. The molecule has 0 unspecified atom stereocenters. The van der Waals surface area contributed by atoms with Crippen LogP contribution in [0.15, 0.2) is 58.9 Å². The lowest BCUT2D eigenvalue weighted by molar-refractivity contribution is -0.894. The molecule has 0 saturated carbocycles. The maximum absolute atomic E-state index is 9.50. The van der Waals surface area contributed by atoms with Crippen LogP contribution in [0.3, 0.4) is 0 Å². The number of hydrogen-bond donors (Lipinski definition) is 2. The lowest BCUT2D eigenvalue weighted by Crippen LogP contribution is -2.28. The summed E-state index contributed by atoms with van der Waals surface area (Å²) in [5.41, 5.74) is 1.69. The summed E-state index contributed by atoms with van der Waals surface area (Å²) in [5, 5.41) is 26.4. The highest BCUT2D eigenvalue weighted by Gasteiger charge is 2.06. The van der Waals surface area contributed by atoms with Crippen LogP contribution in [0.2, 0.25) is 0 Å². The molecule has 2 aromatic rings. The van der Waals surface area contributed by atoms with E-state index in [1.54, 1.807) is 18.2 Å². The first kappa shape index (κ1) is 14.0. The number of rotatable bonds is 5. The second-order valence-electron chi connectivity index (χ2n) is 4.26. The van der Waals surface area contributed by atoms with Gasteiger partial charge in [0.05, 0.1) is 11.7 Å². The van der Waals surface area contributed by atoms with Crippen molar-refractivity contribution in [3.05, 3.63) is 48.7 Å². The fourth-order valence-electron chi connectivity index (χ4n) is 1.67. The first-order valence-electron chi connectivity index (χ1n) is 6.24. The van der Waals surface area contributed by atoms with E-state index in [0.717, 1.165) is 10.4 Å². The number of aliphatic hydroxyl groups excluding tert-OH is 1. The van der Waals surface area contributed by atoms with Crippen molar-refractivity contribution in [2.24, 2.45) is 10.2 Å². The summed E-state index contributed by atoms with van der Waals surface area (Å²) in [5.74, 6) is 0.356. The van der Waals surface area contributed by atoms with Crippen LogP contribution < -0.4 is 9.63 Å². The number of azo groups is 1. The van der Waals surface area contributed by atoms with Crippen LogP contribution in [0.25, 0.3) is 0 Å². The number of anilines is 1. The van der Waals surface area contributed by atoms with Gasteiger partial charge in [0, 0.05) is 25.3 Å². The molecule has 0 atom stereocenters. The highest BCUT2D eigenvalue weighted by atomic mass is 16.5. The third kappa shape index (κ3) is 3.52. The van der Waals surface area contributed by atoms with E-state index in [1.165, 1.54) is 6.20 Å². The molecule has 2 N–H and O–H groups in total. The molecule has 0 aliphatic carbocycles. The molecule has 104 valence electrons. The molecular formula is C14H17N4O2+. The van der Waals surface area contributed by atoms with E-state index < -0.39 is 0 Å². The molecule has 0 fully saturated rings. The molecule has 0 bridgehead atoms. The molecule has 0 radical (unpaired) electrons. The van der Waals surface area contributed by atoms with Crippen LogP contribution in [0.1, 0.15) is 0 Å². The summed E-state index contributed by atoms with van der Waals surface area (Å²) >= 11 is 0. The molecule has 2 rings (SSSR count). The molecule has 6 nitrogen and oxygen atoms in total. The van der Waals surface area contributed by atoms with E-state index in [4.69, 9.17) is 5.11 Å². The molecule has 6 heteroatoms. The van der Waals surface area contributed by atoms with Gasteiger partial charge >= 0.3 is 5.82 Å². The maximum Gasteiger partial charge on any atom is 0.388 e. The lowest BCUT2D eigenvalue weighted by atomic mass is 10.2. The van der Waals surface area contributed by atoms with Gasteiger partial charge in [-0.25, -0.2) is 0 Å². The average Bonchev–Trinajstić information content (AvgIpc) is 2.47. The van der Waals surface area contributed by atoms with Crippen LogP contribution in [-0.4, -0.2) is 30.5 Å². The van der Waals surface area contributed by atoms with Gasteiger partial charge in [-0.1, -0.05) is 0 Å². The highest BCUT2D eigenvalue weighted by molar-refractivity contribution is 5.52. The van der Waals surface area contributed by atoms with Crippen LogP contribution >= 0.6 is 0 Å². The zero-order valence-electron chi connectivity index (χ0n) is 11.2. The Morgan fingerprint density at radius 2 is 1.85 bits per heavy atom. The van der Waals surface area contributed by atoms with Crippen molar-refractivity contribution in [3.63, 3.8) is 0 Å². The molecular weight excluding hydrogens is 256 g/mol. The number of likely N-dealkylation sites (N-methyl/N-ethyl adjacent to an activating group) is 1. The van der Waals surface area contributed by atoms with Gasteiger partial charge in [-0.2, -0.15) is 0 Å². The average molecular weight is 273 g/mol. The first-order valence-corrected chi connectivity index (χ1v) is 6.24. The summed E-state index contributed by atoms with van der Waals surface area (Å²) < 4.78 is 0.910. The topological polar surface area (TPSA) is 72.3 Å². The zero-order valence-corrected chi connectivity index (χ0v) is 11.2. The minimum absolute atomic E-state index is 0.114. The predicted octanol–water partition coefficient (Wildman–Crippen LogP) is 2.06. The van der Waals surface area contributed by atoms with E-state index in [2.05, 4.69) is 10.2 Å². The molecule has 0 saturated heterocycles. The van der Waals surface area contributed by atoms with Crippen LogP contribution in [0.5, 0.6) is 0 Å². The van der Waals surface area contributed by atoms with Crippen molar-refractivity contribution < 1.29 is 15.0 Å². The van der Waals surface area contributed by atoms with Gasteiger partial charge in [-0.15, -0.1) is 0 Å². The van der Waals surface area contributed by atoms with E-state index in [-0.39, 0.29) is 6.61 Å². The third-order valence-corrected chi connectivity index (χ3v) is 2.81. The van der Waals surface area contributed by atoms with Crippen molar-refractivity contribution in [1.82, 2.24) is 0 Å². The summed E-state index contributed by atoms with van der Waals surface area (Å²) in [6.45, 7) is 0.692. The lowest BCUT2D eigenvalue weighted by Gasteiger charge is -2.17. The number of aromatic nitrogens is 1. The second-order valence-corrected chi connectivity index (χ2v) is 4.26. The molecule has 1 aromatic heterocycles. The normalized spacial score (nSPS) is 10.9. The Hall–Kier alpha value is -2.47. The van der Waals surface area contributed by atoms with Gasteiger partial charge in [-0.05, 0) is 46.2 Å². The highest BCUT2D eigenvalue weighted by Crippen LogP contribution is 2.20. The Labute approximate surface area is 117 Å². The van der Waals surface area contributed by atoms with Crippen LogP contribution in [0.4, 0.5) is 17.2 Å². The molecule has 1 heterocycles. The fourth-order valence-corrected chi connectivity index (χ4v) is 1.67. The van der Waals surface area contributed by atoms with Crippen molar-refractivity contribution in [2.75, 3.05) is 25.1 Å². The minimum atomic E-state index is 0.114. The van der Waals surface area contributed by atoms with Crippen molar-refractivity contribution in [1.29, 1.82) is 0 Å². The Morgan fingerprint density at radius 1 is 1.10 bits per heavy atom. The van der Waals surface area contributed by atoms with E-state index in [9.17, 15) is 5.21 Å². The molecule has 0 aliphatic rings. The van der Waals surface area contributed by atoms with Gasteiger partial charge in [0.15, 0.2) is 0 Å². The molecule has 1 aromatic carbocycles. The zero-order chi connectivity index (χ0) is 14.4. The standard InChI is InChI=1S/C14H17N4O2/c1-17(10-11-19)13-7-5-12(6-8-13)15-16-14-4-2-3-9-18(14)20/h2-9,19-20H,10-11H2,1H3/q+1. The summed E-state index contributed by atoms with van der Waals surface area (Å²) in [6, 6.07) is 12.6. The molecule has 0 amide bonds. The summed E-state index contributed by atoms with van der Waals surface area (Å²) in [4.78, 5) is 1.94. The summed E-state index contributed by atoms with van der Waals surface area (Å²) in [6.07, 6.45) is 1.49. The van der Waals surface area contributed by atoms with Gasteiger partial charge in [0.1, 0.15) is 11.9 Å². The Bertz CT molecular complexity index is 584. The Morgan fingerprint density at radius 3 is 2.50 bits per heavy atom. The maximum atomic E-state index is 9.50. The quantitative estimate of drug-likeness (QED) is 0.497. The molecule has 0 aliphatic heterocycles. The van der Waals surface area contributed by atoms with Crippen LogP contribution in [-0.2, 0) is 0 Å². The largest absolute Gasteiger partial charge is 0.395 e. The SMILES string of the molecule is CN(CCO)c1ccc(N=Nc2cccc[n+]2O)cc1. The van der Waals surface area contributed by atoms with E-state index >= 15 is 0 Å². The number of nitrogens with zero attached hydrogens (tertiary/aromatic N) is 4. The van der Waals surface area contributed by atoms with Crippen molar-refractivity contribution in [3.8, 4) is 0 Å². The molecule has 0 spiro atoms. The predicted molar refractivity (Wildman–Crippen MR) is 74.8 cm³/mol. The number of hydrogen-bond acceptors (Lipinski definition) is 5. The first-order chi connectivity index (χ1) is 9.70. The second kappa shape index (κ2) is 6.63. The van der Waals surface area contributed by atoms with Gasteiger partial charge in [-0.3, -0.25) is 0 Å². The van der Waals surface area contributed by atoms with Crippen molar-refractivity contribution >= 4 is 17.2 Å². The van der Waals surface area contributed by atoms with Crippen LogP contribution in [0, 0.1) is 0 Å². The third-order valence-electron chi connectivity index (χ3n) is 2.81. The van der Waals surface area contributed by atoms with E-state index in [0.29, 0.717) is 18.1 Å². The number of benzene rings is 1. The Kier molecular flexibility index (Phi) is 4.62. The number of aliphatic hydroxyl groups is 1. The Balaban J connectivity index is 2.09. The smallest absolute Gasteiger partial charge is 0.388 e. The number of pyridine rings is 1. The summed E-state index contributed by atoms with van der Waals surface area (Å²) in [7, 11) is 1.91. The molecule has 20 heavy (non-hydrogen) atoms. The van der Waals surface area contributed by atoms with Crippen molar-refractivity contribution in [2.45, 2.75) is 0 Å². The van der Waals surface area contributed by atoms with Gasteiger partial charge in [0.2, 0.25) is 0 Å². The fraction of sp³-hybridized carbons (Fsp3) is 0.214. The van der Waals surface area contributed by atoms with Gasteiger partial charge < -0.3 is 15.2 Å².